The molecule has 0 bridgehead atoms. The summed E-state index contributed by atoms with van der Waals surface area (Å²) in [5.41, 5.74) is 0. The van der Waals surface area contributed by atoms with Gasteiger partial charge in [0.15, 0.2) is 0 Å². The van der Waals surface area contributed by atoms with Crippen LogP contribution in [-0.2, 0) is 0 Å². The van der Waals surface area contributed by atoms with Crippen molar-refractivity contribution in [3.63, 3.8) is 0 Å². The normalized spacial score (nSPS) is 29.7. The van der Waals surface area contributed by atoms with E-state index in [2.05, 4.69) is 37.9 Å². The molecule has 1 aliphatic heterocycles. The van der Waals surface area contributed by atoms with Crippen LogP contribution in [0.4, 0.5) is 0 Å². The fourth-order valence-corrected chi connectivity index (χ4v) is 3.95. The smallest absolute Gasteiger partial charge is 0.0198 e. The molecule has 2 heteroatoms. The van der Waals surface area contributed by atoms with Crippen LogP contribution in [0.2, 0.25) is 0 Å². The van der Waals surface area contributed by atoms with Gasteiger partial charge in [0.2, 0.25) is 0 Å². The number of nitrogens with one attached hydrogen (secondary N) is 1. The van der Waals surface area contributed by atoms with Crippen LogP contribution in [0.15, 0.2) is 0 Å². The van der Waals surface area contributed by atoms with Gasteiger partial charge in [-0.25, -0.2) is 0 Å². The van der Waals surface area contributed by atoms with E-state index in [0.717, 1.165) is 29.8 Å². The molecule has 1 saturated heterocycles. The minimum absolute atomic E-state index is 0.732. The van der Waals surface area contributed by atoms with Crippen molar-refractivity contribution in [2.24, 2.45) is 17.8 Å². The molecular weight excluding hydrogens is 244 g/mol. The SMILES string of the molecule is CC(C)CCNC1CC(C(C)C)CN(C2CCCC2)C1. The first-order valence-electron chi connectivity index (χ1n) is 9.03. The fourth-order valence-electron chi connectivity index (χ4n) is 3.95. The van der Waals surface area contributed by atoms with Gasteiger partial charge in [0.05, 0.1) is 0 Å². The van der Waals surface area contributed by atoms with Gasteiger partial charge < -0.3 is 5.32 Å². The molecule has 20 heavy (non-hydrogen) atoms. The fraction of sp³-hybridized carbons (Fsp3) is 1.00. The second-order valence-corrected chi connectivity index (χ2v) is 7.97. The molecule has 0 spiro atoms. The third-order valence-electron chi connectivity index (χ3n) is 5.45. The average Bonchev–Trinajstić information content (AvgIpc) is 2.91. The molecule has 0 aromatic heterocycles. The van der Waals surface area contributed by atoms with Crippen molar-refractivity contribution in [2.45, 2.75) is 78.3 Å². The van der Waals surface area contributed by atoms with Gasteiger partial charge in [-0.05, 0) is 50.0 Å². The minimum atomic E-state index is 0.732. The lowest BCUT2D eigenvalue weighted by molar-refractivity contribution is 0.0797. The zero-order chi connectivity index (χ0) is 14.5. The van der Waals surface area contributed by atoms with Gasteiger partial charge >= 0.3 is 0 Å². The second-order valence-electron chi connectivity index (χ2n) is 7.97. The maximum atomic E-state index is 3.85. The quantitative estimate of drug-likeness (QED) is 0.793. The number of nitrogens with zero attached hydrogens (tertiary/aromatic N) is 1. The number of likely N-dealkylation sites (tertiary alicyclic amines) is 1. The van der Waals surface area contributed by atoms with E-state index in [1.165, 1.54) is 58.2 Å². The Labute approximate surface area is 126 Å². The molecule has 0 amide bonds. The first-order valence-corrected chi connectivity index (χ1v) is 9.03. The Balaban J connectivity index is 1.86. The summed E-state index contributed by atoms with van der Waals surface area (Å²) in [4.78, 5) is 2.83. The van der Waals surface area contributed by atoms with E-state index in [1.54, 1.807) is 0 Å². The summed E-state index contributed by atoms with van der Waals surface area (Å²) in [5, 5.41) is 3.85. The van der Waals surface area contributed by atoms with Crippen molar-refractivity contribution in [3.8, 4) is 0 Å². The third-order valence-corrected chi connectivity index (χ3v) is 5.45. The molecule has 1 heterocycles. The van der Waals surface area contributed by atoms with E-state index in [4.69, 9.17) is 0 Å². The van der Waals surface area contributed by atoms with E-state index in [1.807, 2.05) is 0 Å². The Morgan fingerprint density at radius 2 is 1.75 bits per heavy atom. The monoisotopic (exact) mass is 280 g/mol. The highest BCUT2D eigenvalue weighted by molar-refractivity contribution is 4.89. The van der Waals surface area contributed by atoms with Crippen LogP contribution in [0.3, 0.4) is 0 Å². The second kappa shape index (κ2) is 7.79. The lowest BCUT2D eigenvalue weighted by Gasteiger charge is -2.43. The lowest BCUT2D eigenvalue weighted by Crippen LogP contribution is -2.53. The summed E-state index contributed by atoms with van der Waals surface area (Å²) in [6.07, 6.45) is 8.51. The van der Waals surface area contributed by atoms with Crippen molar-refractivity contribution < 1.29 is 0 Å². The first-order chi connectivity index (χ1) is 9.56. The molecule has 2 atom stereocenters. The maximum Gasteiger partial charge on any atom is 0.0198 e. The summed E-state index contributed by atoms with van der Waals surface area (Å²) in [6.45, 7) is 13.3. The van der Waals surface area contributed by atoms with Crippen molar-refractivity contribution in [2.75, 3.05) is 19.6 Å². The van der Waals surface area contributed by atoms with E-state index in [9.17, 15) is 0 Å². The molecule has 2 nitrogen and oxygen atoms in total. The summed E-state index contributed by atoms with van der Waals surface area (Å²) in [7, 11) is 0. The van der Waals surface area contributed by atoms with Crippen LogP contribution in [0.25, 0.3) is 0 Å². The average molecular weight is 280 g/mol. The lowest BCUT2D eigenvalue weighted by atomic mass is 9.84. The first kappa shape index (κ1) is 16.3. The molecule has 2 rings (SSSR count). The van der Waals surface area contributed by atoms with Gasteiger partial charge in [0.1, 0.15) is 0 Å². The summed E-state index contributed by atoms with van der Waals surface area (Å²) in [5.74, 6) is 2.53. The Morgan fingerprint density at radius 1 is 1.05 bits per heavy atom. The van der Waals surface area contributed by atoms with Crippen LogP contribution >= 0.6 is 0 Å². The molecule has 0 aromatic carbocycles. The topological polar surface area (TPSA) is 15.3 Å². The van der Waals surface area contributed by atoms with Gasteiger partial charge in [-0.1, -0.05) is 40.5 Å². The predicted molar refractivity (Wildman–Crippen MR) is 88.0 cm³/mol. The molecule has 2 unspecified atom stereocenters. The van der Waals surface area contributed by atoms with Gasteiger partial charge in [-0.2, -0.15) is 0 Å². The standard InChI is InChI=1S/C18H36N2/c1-14(2)9-10-19-17-11-16(15(3)4)12-20(13-17)18-7-5-6-8-18/h14-19H,5-13H2,1-4H3. The molecular formula is C18H36N2. The highest BCUT2D eigenvalue weighted by Crippen LogP contribution is 2.30. The Kier molecular flexibility index (Phi) is 6.35. The van der Waals surface area contributed by atoms with E-state index < -0.39 is 0 Å². The summed E-state index contributed by atoms with van der Waals surface area (Å²) < 4.78 is 0. The van der Waals surface area contributed by atoms with Crippen LogP contribution in [0, 0.1) is 17.8 Å². The van der Waals surface area contributed by atoms with Gasteiger partial charge in [-0.3, -0.25) is 4.90 Å². The molecule has 2 aliphatic rings. The molecule has 0 aromatic rings. The highest BCUT2D eigenvalue weighted by atomic mass is 15.2. The van der Waals surface area contributed by atoms with Gasteiger partial charge in [-0.15, -0.1) is 0 Å². The molecule has 2 fully saturated rings. The largest absolute Gasteiger partial charge is 0.313 e. The minimum Gasteiger partial charge on any atom is -0.313 e. The molecule has 118 valence electrons. The zero-order valence-corrected chi connectivity index (χ0v) is 14.2. The zero-order valence-electron chi connectivity index (χ0n) is 14.2. The van der Waals surface area contributed by atoms with Crippen molar-refractivity contribution in [1.29, 1.82) is 0 Å². The summed E-state index contributed by atoms with van der Waals surface area (Å²) in [6, 6.07) is 1.63. The van der Waals surface area contributed by atoms with Crippen LogP contribution in [0.1, 0.15) is 66.2 Å². The van der Waals surface area contributed by atoms with E-state index in [0.29, 0.717) is 0 Å². The number of piperidine rings is 1. The van der Waals surface area contributed by atoms with Gasteiger partial charge in [0, 0.05) is 25.2 Å². The Morgan fingerprint density at radius 3 is 2.35 bits per heavy atom. The van der Waals surface area contributed by atoms with Gasteiger partial charge in [0.25, 0.3) is 0 Å². The van der Waals surface area contributed by atoms with Crippen LogP contribution in [-0.4, -0.2) is 36.6 Å². The van der Waals surface area contributed by atoms with Crippen LogP contribution < -0.4 is 5.32 Å². The Hall–Kier alpha value is -0.0800. The molecule has 1 N–H and O–H groups in total. The molecule has 1 aliphatic carbocycles. The number of rotatable bonds is 6. The van der Waals surface area contributed by atoms with Crippen molar-refractivity contribution in [1.82, 2.24) is 10.2 Å². The number of hydrogen-bond acceptors (Lipinski definition) is 2. The molecule has 0 radical (unpaired) electrons. The number of hydrogen-bond donors (Lipinski definition) is 1. The highest BCUT2D eigenvalue weighted by Gasteiger charge is 2.33. The third kappa shape index (κ3) is 4.73. The molecule has 1 saturated carbocycles. The van der Waals surface area contributed by atoms with Crippen molar-refractivity contribution in [3.05, 3.63) is 0 Å². The maximum absolute atomic E-state index is 3.85. The van der Waals surface area contributed by atoms with E-state index in [-0.39, 0.29) is 0 Å². The Bertz CT molecular complexity index is 269. The predicted octanol–water partition coefficient (Wildman–Crippen LogP) is 3.91. The van der Waals surface area contributed by atoms with E-state index >= 15 is 0 Å². The van der Waals surface area contributed by atoms with Crippen LogP contribution in [0.5, 0.6) is 0 Å². The summed E-state index contributed by atoms with van der Waals surface area (Å²) >= 11 is 0. The van der Waals surface area contributed by atoms with Crippen molar-refractivity contribution >= 4 is 0 Å².